The Balaban J connectivity index is 1.39. The molecule has 0 spiro atoms. The minimum absolute atomic E-state index is 0.0532. The van der Waals surface area contributed by atoms with Gasteiger partial charge in [-0.2, -0.15) is 21.3 Å². The van der Waals surface area contributed by atoms with E-state index in [1.807, 2.05) is 25.1 Å². The topological polar surface area (TPSA) is 97.4 Å². The van der Waals surface area contributed by atoms with Crippen LogP contribution < -0.4 is 4.90 Å². The SMILES string of the molecule is C=C1CN(S(=O)(=O)c2ccc(N(C)C)cc2)CCCN(CC2CCCCC2)CCCN(S(=O)(=O)N2CCc3nc(Cl)ccc3C2)C1. The Labute approximate surface area is 281 Å². The van der Waals surface area contributed by atoms with E-state index in [2.05, 4.69) is 16.5 Å². The molecule has 3 heterocycles. The lowest BCUT2D eigenvalue weighted by Crippen LogP contribution is -2.48. The Morgan fingerprint density at radius 3 is 2.11 bits per heavy atom. The minimum atomic E-state index is -3.87. The van der Waals surface area contributed by atoms with E-state index in [-0.39, 0.29) is 24.5 Å². The van der Waals surface area contributed by atoms with E-state index in [4.69, 9.17) is 11.6 Å². The molecule has 0 radical (unpaired) electrons. The van der Waals surface area contributed by atoms with E-state index in [0.29, 0.717) is 55.5 Å². The molecule has 254 valence electrons. The molecule has 2 fully saturated rings. The standard InChI is InChI=1S/C33H49ClN6O4S2/c1-27-23-38(45(41,42)31-14-12-30(13-15-31)36(2)3)20-7-18-37(25-28-9-5-4-6-10-28)19-8-21-39(24-27)46(43,44)40-22-17-32-29(26-40)11-16-33(34)35-32/h11-16,28H,1,4-10,17-26H2,2-3H3. The Hall–Kier alpha value is -2.06. The summed E-state index contributed by atoms with van der Waals surface area (Å²) in [6, 6.07) is 10.4. The van der Waals surface area contributed by atoms with Gasteiger partial charge in [0.25, 0.3) is 10.2 Å². The second-order valence-corrected chi connectivity index (χ2v) is 17.4. The minimum Gasteiger partial charge on any atom is -0.378 e. The maximum atomic E-state index is 14.2. The maximum Gasteiger partial charge on any atom is 0.282 e. The van der Waals surface area contributed by atoms with Crippen LogP contribution in [0.1, 0.15) is 56.2 Å². The van der Waals surface area contributed by atoms with Crippen molar-refractivity contribution in [1.29, 1.82) is 0 Å². The van der Waals surface area contributed by atoms with Gasteiger partial charge in [0, 0.05) is 77.7 Å². The summed E-state index contributed by atoms with van der Waals surface area (Å²) in [5.41, 5.74) is 3.14. The number of hydrogen-bond acceptors (Lipinski definition) is 7. The zero-order chi connectivity index (χ0) is 32.9. The molecule has 0 N–H and O–H groups in total. The second-order valence-electron chi connectivity index (χ2n) is 13.2. The summed E-state index contributed by atoms with van der Waals surface area (Å²) in [6.45, 7) is 8.02. The number of nitrogens with zero attached hydrogens (tertiary/aromatic N) is 6. The summed E-state index contributed by atoms with van der Waals surface area (Å²) < 4.78 is 60.8. The largest absolute Gasteiger partial charge is 0.378 e. The fraction of sp³-hybridized carbons (Fsp3) is 0.606. The number of sulfonamides is 1. The average Bonchev–Trinajstić information content (AvgIpc) is 3.03. The van der Waals surface area contributed by atoms with Crippen molar-refractivity contribution < 1.29 is 16.8 Å². The predicted molar refractivity (Wildman–Crippen MR) is 185 cm³/mol. The van der Waals surface area contributed by atoms with E-state index < -0.39 is 20.2 Å². The Bertz CT molecular complexity index is 1560. The van der Waals surface area contributed by atoms with Gasteiger partial charge in [-0.15, -0.1) is 0 Å². The first kappa shape index (κ1) is 35.3. The normalized spacial score (nSPS) is 21.3. The first-order chi connectivity index (χ1) is 21.9. The van der Waals surface area contributed by atoms with Gasteiger partial charge in [0.05, 0.1) is 4.90 Å². The lowest BCUT2D eigenvalue weighted by atomic mass is 9.89. The molecule has 1 saturated carbocycles. The third kappa shape index (κ3) is 8.69. The van der Waals surface area contributed by atoms with Gasteiger partial charge < -0.3 is 9.80 Å². The maximum absolute atomic E-state index is 14.2. The summed E-state index contributed by atoms with van der Waals surface area (Å²) in [4.78, 5) is 8.98. The van der Waals surface area contributed by atoms with E-state index in [0.717, 1.165) is 36.6 Å². The van der Waals surface area contributed by atoms with Crippen LogP contribution in [0.4, 0.5) is 5.69 Å². The van der Waals surface area contributed by atoms with Crippen LogP contribution in [0.15, 0.2) is 53.4 Å². The number of benzene rings is 1. The molecule has 0 atom stereocenters. The first-order valence-corrected chi connectivity index (χ1v) is 19.7. The molecule has 2 aromatic rings. The van der Waals surface area contributed by atoms with Crippen LogP contribution in [0, 0.1) is 5.92 Å². The summed E-state index contributed by atoms with van der Waals surface area (Å²) in [6.07, 6.45) is 8.12. The highest BCUT2D eigenvalue weighted by Crippen LogP contribution is 2.27. The summed E-state index contributed by atoms with van der Waals surface area (Å²) in [5.74, 6) is 0.631. The first-order valence-electron chi connectivity index (χ1n) is 16.5. The van der Waals surface area contributed by atoms with Gasteiger partial charge in [-0.1, -0.05) is 43.5 Å². The van der Waals surface area contributed by atoms with Gasteiger partial charge in [0.1, 0.15) is 5.15 Å². The molecular weight excluding hydrogens is 644 g/mol. The summed E-state index contributed by atoms with van der Waals surface area (Å²) in [5, 5.41) is 0.403. The van der Waals surface area contributed by atoms with Crippen LogP contribution in [0.3, 0.4) is 0 Å². The smallest absolute Gasteiger partial charge is 0.282 e. The molecule has 2 aliphatic heterocycles. The van der Waals surface area contributed by atoms with Crippen molar-refractivity contribution in [3.05, 3.63) is 65.0 Å². The van der Waals surface area contributed by atoms with Crippen molar-refractivity contribution >= 4 is 37.5 Å². The van der Waals surface area contributed by atoms with Gasteiger partial charge in [0.2, 0.25) is 10.0 Å². The van der Waals surface area contributed by atoms with Crippen LogP contribution in [-0.2, 0) is 33.2 Å². The lowest BCUT2D eigenvalue weighted by molar-refractivity contribution is 0.187. The second kappa shape index (κ2) is 15.4. The quantitative estimate of drug-likeness (QED) is 0.309. The molecule has 1 saturated heterocycles. The van der Waals surface area contributed by atoms with Crippen LogP contribution in [0.25, 0.3) is 0 Å². The Morgan fingerprint density at radius 1 is 0.804 bits per heavy atom. The van der Waals surface area contributed by atoms with Crippen molar-refractivity contribution in [3.63, 3.8) is 0 Å². The lowest BCUT2D eigenvalue weighted by Gasteiger charge is -2.35. The number of anilines is 1. The molecule has 3 aliphatic rings. The number of rotatable bonds is 7. The molecule has 0 unspecified atom stereocenters. The fourth-order valence-corrected chi connectivity index (χ4v) is 10.2. The third-order valence-electron chi connectivity index (χ3n) is 9.43. The number of fused-ring (bicyclic) bond motifs is 1. The molecule has 0 bridgehead atoms. The molecule has 46 heavy (non-hydrogen) atoms. The van der Waals surface area contributed by atoms with Crippen LogP contribution in [0.2, 0.25) is 5.15 Å². The summed E-state index contributed by atoms with van der Waals surface area (Å²) >= 11 is 6.09. The van der Waals surface area contributed by atoms with Crippen molar-refractivity contribution in [2.45, 2.75) is 62.8 Å². The molecule has 1 aromatic heterocycles. The molecule has 10 nitrogen and oxygen atoms in total. The zero-order valence-corrected chi connectivity index (χ0v) is 29.7. The molecule has 1 aliphatic carbocycles. The highest BCUT2D eigenvalue weighted by Gasteiger charge is 2.34. The zero-order valence-electron chi connectivity index (χ0n) is 27.3. The molecule has 13 heteroatoms. The molecule has 0 amide bonds. The van der Waals surface area contributed by atoms with Gasteiger partial charge in [-0.3, -0.25) is 0 Å². The van der Waals surface area contributed by atoms with Crippen molar-refractivity contribution in [1.82, 2.24) is 22.8 Å². The van der Waals surface area contributed by atoms with Gasteiger partial charge in [-0.25, -0.2) is 13.4 Å². The van der Waals surface area contributed by atoms with Crippen molar-refractivity contribution in [2.24, 2.45) is 5.92 Å². The van der Waals surface area contributed by atoms with Crippen molar-refractivity contribution in [2.75, 3.05) is 71.4 Å². The molecular formula is C33H49ClN6O4S2. The predicted octanol–water partition coefficient (Wildman–Crippen LogP) is 4.63. The highest BCUT2D eigenvalue weighted by molar-refractivity contribution is 7.89. The van der Waals surface area contributed by atoms with Crippen LogP contribution in [-0.4, -0.2) is 106 Å². The molecule has 1 aromatic carbocycles. The van der Waals surface area contributed by atoms with Gasteiger partial charge in [0.15, 0.2) is 0 Å². The van der Waals surface area contributed by atoms with Gasteiger partial charge >= 0.3 is 0 Å². The van der Waals surface area contributed by atoms with Crippen LogP contribution in [0.5, 0.6) is 0 Å². The van der Waals surface area contributed by atoms with E-state index in [1.165, 1.54) is 45.0 Å². The van der Waals surface area contributed by atoms with E-state index in [9.17, 15) is 16.8 Å². The van der Waals surface area contributed by atoms with Crippen LogP contribution >= 0.6 is 11.6 Å². The Kier molecular flexibility index (Phi) is 11.8. The van der Waals surface area contributed by atoms with E-state index >= 15 is 0 Å². The number of hydrogen-bond donors (Lipinski definition) is 0. The molecule has 5 rings (SSSR count). The Morgan fingerprint density at radius 2 is 1.43 bits per heavy atom. The summed E-state index contributed by atoms with van der Waals surface area (Å²) in [7, 11) is -3.88. The number of aromatic nitrogens is 1. The fourth-order valence-electron chi connectivity index (χ4n) is 6.87. The highest BCUT2D eigenvalue weighted by atomic mass is 35.5. The third-order valence-corrected chi connectivity index (χ3v) is 13.4. The monoisotopic (exact) mass is 692 g/mol. The average molecular weight is 693 g/mol. The van der Waals surface area contributed by atoms with Crippen molar-refractivity contribution in [3.8, 4) is 0 Å². The number of pyridine rings is 1. The number of halogens is 1. The van der Waals surface area contributed by atoms with Gasteiger partial charge in [-0.05, 0) is 86.2 Å². The van der Waals surface area contributed by atoms with E-state index in [1.54, 1.807) is 30.3 Å².